The van der Waals surface area contributed by atoms with Gasteiger partial charge in [0.1, 0.15) is 0 Å². The summed E-state index contributed by atoms with van der Waals surface area (Å²) < 4.78 is 15.6. The third-order valence-corrected chi connectivity index (χ3v) is 3.07. The molecule has 0 heterocycles. The van der Waals surface area contributed by atoms with Crippen LogP contribution in [0, 0.1) is 5.92 Å². The topological polar surface area (TPSA) is 56.8 Å². The van der Waals surface area contributed by atoms with Gasteiger partial charge in [-0.25, -0.2) is 0 Å². The first-order chi connectivity index (χ1) is 9.07. The minimum absolute atomic E-state index is 0.163. The number of methoxy groups -OCH3 is 3. The molecule has 0 aromatic heterocycles. The van der Waals surface area contributed by atoms with E-state index in [0.717, 1.165) is 0 Å². The van der Waals surface area contributed by atoms with Crippen LogP contribution in [-0.2, 0) is 4.79 Å². The fourth-order valence-corrected chi connectivity index (χ4v) is 1.63. The number of halogens is 1. The lowest BCUT2D eigenvalue weighted by molar-refractivity contribution is -0.118. The number of carbonyl (C=O) groups excluding carboxylic acids is 1. The first-order valence-electron chi connectivity index (χ1n) is 5.74. The van der Waals surface area contributed by atoms with E-state index in [1.807, 2.05) is 0 Å². The number of benzene rings is 1. The van der Waals surface area contributed by atoms with Crippen LogP contribution in [0.3, 0.4) is 0 Å². The summed E-state index contributed by atoms with van der Waals surface area (Å²) in [5, 5.41) is 2.75. The van der Waals surface area contributed by atoms with E-state index in [9.17, 15) is 4.79 Å². The summed E-state index contributed by atoms with van der Waals surface area (Å²) in [6, 6.07) is 3.33. The maximum Gasteiger partial charge on any atom is 0.228 e. The third kappa shape index (κ3) is 3.67. The van der Waals surface area contributed by atoms with Gasteiger partial charge < -0.3 is 19.5 Å². The predicted octanol–water partition coefficient (Wildman–Crippen LogP) is 2.53. The van der Waals surface area contributed by atoms with Crippen LogP contribution in [0.25, 0.3) is 0 Å². The zero-order valence-corrected chi connectivity index (χ0v) is 12.2. The van der Waals surface area contributed by atoms with Crippen LogP contribution in [-0.4, -0.2) is 33.1 Å². The fourth-order valence-electron chi connectivity index (χ4n) is 1.49. The largest absolute Gasteiger partial charge is 0.493 e. The molecule has 0 bridgehead atoms. The molecule has 0 aliphatic rings. The van der Waals surface area contributed by atoms with Crippen LogP contribution in [0.5, 0.6) is 17.2 Å². The molecule has 1 N–H and O–H groups in total. The molecule has 1 aromatic rings. The summed E-state index contributed by atoms with van der Waals surface area (Å²) in [6.07, 6.45) is 0. The van der Waals surface area contributed by atoms with Gasteiger partial charge in [-0.1, -0.05) is 6.92 Å². The molecular weight excluding hydrogens is 270 g/mol. The van der Waals surface area contributed by atoms with E-state index in [4.69, 9.17) is 25.8 Å². The van der Waals surface area contributed by atoms with Crippen molar-refractivity contribution < 1.29 is 19.0 Å². The highest BCUT2D eigenvalue weighted by molar-refractivity contribution is 6.19. The molecule has 0 fully saturated rings. The molecule has 1 aromatic carbocycles. The zero-order valence-electron chi connectivity index (χ0n) is 11.5. The minimum atomic E-state index is -0.277. The summed E-state index contributed by atoms with van der Waals surface area (Å²) in [4.78, 5) is 11.8. The Balaban J connectivity index is 3.06. The van der Waals surface area contributed by atoms with Crippen molar-refractivity contribution >= 4 is 23.2 Å². The van der Waals surface area contributed by atoms with E-state index in [-0.39, 0.29) is 17.7 Å². The number of ether oxygens (including phenoxy) is 3. The van der Waals surface area contributed by atoms with Gasteiger partial charge in [-0.15, -0.1) is 11.6 Å². The summed E-state index contributed by atoms with van der Waals surface area (Å²) >= 11 is 5.65. The Hall–Kier alpha value is -1.62. The molecule has 6 heteroatoms. The van der Waals surface area contributed by atoms with Crippen molar-refractivity contribution in [2.45, 2.75) is 6.92 Å². The lowest BCUT2D eigenvalue weighted by atomic mass is 10.2. The highest BCUT2D eigenvalue weighted by Crippen LogP contribution is 2.39. The van der Waals surface area contributed by atoms with Gasteiger partial charge in [0.15, 0.2) is 11.5 Å². The van der Waals surface area contributed by atoms with Gasteiger partial charge in [-0.3, -0.25) is 4.79 Å². The molecule has 5 nitrogen and oxygen atoms in total. The minimum Gasteiger partial charge on any atom is -0.493 e. The summed E-state index contributed by atoms with van der Waals surface area (Å²) in [5.41, 5.74) is 0.566. The second kappa shape index (κ2) is 7.09. The Morgan fingerprint density at radius 3 is 2.11 bits per heavy atom. The van der Waals surface area contributed by atoms with Gasteiger partial charge >= 0.3 is 0 Å². The standard InChI is InChI=1S/C13H18ClNO4/c1-8(7-14)13(16)15-9-5-10(17-2)12(19-4)11(6-9)18-3/h5-6,8H,7H2,1-4H3,(H,15,16). The van der Waals surface area contributed by atoms with E-state index in [1.165, 1.54) is 21.3 Å². The molecular formula is C13H18ClNO4. The van der Waals surface area contributed by atoms with Gasteiger partial charge in [0, 0.05) is 29.6 Å². The molecule has 0 saturated heterocycles. The molecule has 0 radical (unpaired) electrons. The average Bonchev–Trinajstić information content (AvgIpc) is 2.44. The number of carbonyl (C=O) groups is 1. The monoisotopic (exact) mass is 287 g/mol. The maximum absolute atomic E-state index is 11.8. The van der Waals surface area contributed by atoms with Gasteiger partial charge in [-0.2, -0.15) is 0 Å². The smallest absolute Gasteiger partial charge is 0.228 e. The summed E-state index contributed by atoms with van der Waals surface area (Å²) in [7, 11) is 4.56. The van der Waals surface area contributed by atoms with Crippen molar-refractivity contribution in [2.75, 3.05) is 32.5 Å². The maximum atomic E-state index is 11.8. The van der Waals surface area contributed by atoms with Crippen molar-refractivity contribution in [3.05, 3.63) is 12.1 Å². The van der Waals surface area contributed by atoms with Gasteiger partial charge in [-0.05, 0) is 0 Å². The first kappa shape index (κ1) is 15.4. The Morgan fingerprint density at radius 1 is 1.21 bits per heavy atom. The molecule has 0 aliphatic carbocycles. The molecule has 0 saturated carbocycles. The van der Waals surface area contributed by atoms with Gasteiger partial charge in [0.2, 0.25) is 11.7 Å². The van der Waals surface area contributed by atoms with Crippen molar-refractivity contribution in [3.63, 3.8) is 0 Å². The number of anilines is 1. The van der Waals surface area contributed by atoms with E-state index >= 15 is 0 Å². The second-order valence-electron chi connectivity index (χ2n) is 3.96. The highest BCUT2D eigenvalue weighted by atomic mass is 35.5. The van der Waals surface area contributed by atoms with Crippen LogP contribution in [0.1, 0.15) is 6.92 Å². The van der Waals surface area contributed by atoms with Crippen LogP contribution < -0.4 is 19.5 Å². The number of alkyl halides is 1. The first-order valence-corrected chi connectivity index (χ1v) is 6.27. The number of hydrogen-bond acceptors (Lipinski definition) is 4. The molecule has 1 rings (SSSR count). The molecule has 1 amide bonds. The Kier molecular flexibility index (Phi) is 5.76. The normalized spacial score (nSPS) is 11.6. The van der Waals surface area contributed by atoms with Crippen LogP contribution >= 0.6 is 11.6 Å². The molecule has 19 heavy (non-hydrogen) atoms. The molecule has 1 atom stereocenters. The fraction of sp³-hybridized carbons (Fsp3) is 0.462. The van der Waals surface area contributed by atoms with Gasteiger partial charge in [0.05, 0.1) is 21.3 Å². The van der Waals surface area contributed by atoms with E-state index in [0.29, 0.717) is 22.9 Å². The van der Waals surface area contributed by atoms with Crippen LogP contribution in [0.4, 0.5) is 5.69 Å². The Morgan fingerprint density at radius 2 is 1.74 bits per heavy atom. The molecule has 0 aliphatic heterocycles. The third-order valence-electron chi connectivity index (χ3n) is 2.61. The second-order valence-corrected chi connectivity index (χ2v) is 4.27. The van der Waals surface area contributed by atoms with E-state index in [1.54, 1.807) is 19.1 Å². The number of amides is 1. The average molecular weight is 288 g/mol. The Bertz CT molecular complexity index is 425. The Labute approximate surface area is 117 Å². The van der Waals surface area contributed by atoms with Gasteiger partial charge in [0.25, 0.3) is 0 Å². The van der Waals surface area contributed by atoms with E-state index in [2.05, 4.69) is 5.32 Å². The van der Waals surface area contributed by atoms with Crippen molar-refractivity contribution in [3.8, 4) is 17.2 Å². The number of hydrogen-bond donors (Lipinski definition) is 1. The molecule has 1 unspecified atom stereocenters. The molecule has 0 spiro atoms. The van der Waals surface area contributed by atoms with Crippen LogP contribution in [0.2, 0.25) is 0 Å². The van der Waals surface area contributed by atoms with Crippen molar-refractivity contribution in [2.24, 2.45) is 5.92 Å². The lowest BCUT2D eigenvalue weighted by Crippen LogP contribution is -2.21. The predicted molar refractivity (Wildman–Crippen MR) is 74.6 cm³/mol. The summed E-state index contributed by atoms with van der Waals surface area (Å²) in [6.45, 7) is 1.75. The van der Waals surface area contributed by atoms with Crippen molar-refractivity contribution in [1.82, 2.24) is 0 Å². The molecule has 106 valence electrons. The number of nitrogens with one attached hydrogen (secondary N) is 1. The summed E-state index contributed by atoms with van der Waals surface area (Å²) in [5.74, 6) is 1.26. The SMILES string of the molecule is COc1cc(NC(=O)C(C)CCl)cc(OC)c1OC. The van der Waals surface area contributed by atoms with Crippen molar-refractivity contribution in [1.29, 1.82) is 0 Å². The lowest BCUT2D eigenvalue weighted by Gasteiger charge is -2.15. The van der Waals surface area contributed by atoms with E-state index < -0.39 is 0 Å². The zero-order chi connectivity index (χ0) is 14.4. The number of rotatable bonds is 6. The quantitative estimate of drug-likeness (QED) is 0.817. The highest BCUT2D eigenvalue weighted by Gasteiger charge is 2.16. The van der Waals surface area contributed by atoms with Crippen LogP contribution in [0.15, 0.2) is 12.1 Å².